The first-order chi connectivity index (χ1) is 26.4. The summed E-state index contributed by atoms with van der Waals surface area (Å²) in [6, 6.07) is 39.5. The molecule has 4 heterocycles. The summed E-state index contributed by atoms with van der Waals surface area (Å²) in [5, 5.41) is 0. The zero-order valence-corrected chi connectivity index (χ0v) is 28.2. The molecular weight excluding hydrogens is 684 g/mol. The van der Waals surface area contributed by atoms with E-state index in [2.05, 4.69) is 0 Å². The Hall–Kier alpha value is -7.39. The summed E-state index contributed by atoms with van der Waals surface area (Å²) in [6.45, 7) is 0. The van der Waals surface area contributed by atoms with Crippen LogP contribution in [-0.4, -0.2) is 6.29 Å². The Bertz CT molecular complexity index is 2610. The van der Waals surface area contributed by atoms with E-state index in [4.69, 9.17) is 17.7 Å². The third kappa shape index (κ3) is 5.29. The van der Waals surface area contributed by atoms with Crippen LogP contribution in [0.5, 0.6) is 0 Å². The highest BCUT2D eigenvalue weighted by molar-refractivity contribution is 5.79. The molecule has 1 aromatic rings. The molecule has 9 rings (SSSR count). The van der Waals surface area contributed by atoms with E-state index in [1.165, 1.54) is 0 Å². The SMILES string of the molecule is O=Cc1cc(C(c2c3cccccc-3oc2=O)c2c3cccccc-3oc2=O)cc(C(c2c3cccccc-3oc2=O)c2c3cccccc-3oc2=O)c1. The zero-order valence-electron chi connectivity index (χ0n) is 28.2. The second-order valence-corrected chi connectivity index (χ2v) is 12.9. The van der Waals surface area contributed by atoms with Gasteiger partial charge in [-0.15, -0.1) is 0 Å². The number of carbonyl (C=O) groups is 1. The third-order valence-electron chi connectivity index (χ3n) is 9.80. The minimum Gasteiger partial charge on any atom is -0.422 e. The van der Waals surface area contributed by atoms with Crippen molar-refractivity contribution >= 4 is 6.29 Å². The highest BCUT2D eigenvalue weighted by Gasteiger charge is 2.37. The minimum absolute atomic E-state index is 0.147. The molecule has 0 unspecified atom stereocenters. The van der Waals surface area contributed by atoms with Crippen LogP contribution in [0.15, 0.2) is 176 Å². The minimum atomic E-state index is -1.13. The first-order valence-electron chi connectivity index (χ1n) is 17.1. The number of furan rings is 4. The highest BCUT2D eigenvalue weighted by atomic mass is 16.4. The lowest BCUT2D eigenvalue weighted by Gasteiger charge is -2.21. The van der Waals surface area contributed by atoms with Gasteiger partial charge in [0.1, 0.15) is 29.3 Å². The molecule has 4 aliphatic carbocycles. The van der Waals surface area contributed by atoms with Gasteiger partial charge in [0, 0.05) is 39.7 Å². The van der Waals surface area contributed by atoms with Gasteiger partial charge in [0.15, 0.2) is 0 Å². The largest absolute Gasteiger partial charge is 0.422 e. The van der Waals surface area contributed by atoms with Crippen LogP contribution in [0.25, 0.3) is 45.3 Å². The van der Waals surface area contributed by atoms with Gasteiger partial charge in [-0.2, -0.15) is 0 Å². The molecule has 260 valence electrons. The molecule has 0 aromatic heterocycles. The number of hydrogen-bond donors (Lipinski definition) is 0. The number of carbonyl (C=O) groups excluding carboxylic acids is 1. The summed E-state index contributed by atoms with van der Waals surface area (Å²) in [5.41, 5.74) is 0.481. The van der Waals surface area contributed by atoms with E-state index in [1.807, 2.05) is 0 Å². The second kappa shape index (κ2) is 13.0. The fourth-order valence-electron chi connectivity index (χ4n) is 7.58. The van der Waals surface area contributed by atoms with Crippen molar-refractivity contribution in [2.24, 2.45) is 0 Å². The number of hydrogen-bond acceptors (Lipinski definition) is 9. The molecule has 0 bridgehead atoms. The van der Waals surface area contributed by atoms with Crippen molar-refractivity contribution in [3.8, 4) is 45.3 Å². The summed E-state index contributed by atoms with van der Waals surface area (Å²) in [5.74, 6) is -1.09. The summed E-state index contributed by atoms with van der Waals surface area (Å²) in [4.78, 5) is 68.8. The maximum atomic E-state index is 14.0. The Kier molecular flexibility index (Phi) is 7.82. The monoisotopic (exact) mass is 710 g/mol. The van der Waals surface area contributed by atoms with Gasteiger partial charge in [-0.1, -0.05) is 103 Å². The summed E-state index contributed by atoms with van der Waals surface area (Å²) < 4.78 is 23.0. The molecule has 0 atom stereocenters. The normalized spacial score (nSPS) is 11.7. The van der Waals surface area contributed by atoms with Crippen LogP contribution in [0.3, 0.4) is 0 Å². The Labute approximate surface area is 305 Å². The zero-order chi connectivity index (χ0) is 36.9. The third-order valence-corrected chi connectivity index (χ3v) is 9.80. The second-order valence-electron chi connectivity index (χ2n) is 12.9. The number of rotatable bonds is 7. The summed E-state index contributed by atoms with van der Waals surface area (Å²) in [6.07, 6.45) is 0.634. The van der Waals surface area contributed by atoms with Crippen molar-refractivity contribution in [2.45, 2.75) is 11.8 Å². The van der Waals surface area contributed by atoms with Gasteiger partial charge >= 0.3 is 22.5 Å². The Balaban J connectivity index is 1.39. The molecule has 1 aromatic carbocycles. The van der Waals surface area contributed by atoms with Gasteiger partial charge in [-0.25, -0.2) is 19.2 Å². The van der Waals surface area contributed by atoms with Crippen molar-refractivity contribution in [1.29, 1.82) is 0 Å². The van der Waals surface area contributed by atoms with Crippen LogP contribution >= 0.6 is 0 Å². The van der Waals surface area contributed by atoms with E-state index in [9.17, 15) is 24.0 Å². The molecule has 54 heavy (non-hydrogen) atoms. The van der Waals surface area contributed by atoms with Gasteiger partial charge in [-0.3, -0.25) is 4.79 Å². The smallest absolute Gasteiger partial charge is 0.341 e. The van der Waals surface area contributed by atoms with Crippen molar-refractivity contribution in [3.63, 3.8) is 0 Å². The van der Waals surface area contributed by atoms with Crippen LogP contribution in [0, 0.1) is 0 Å². The molecule has 9 heteroatoms. The molecule has 0 saturated heterocycles. The maximum Gasteiger partial charge on any atom is 0.341 e. The van der Waals surface area contributed by atoms with Crippen LogP contribution in [0.1, 0.15) is 55.6 Å². The standard InChI is InChI=1S/C45H26O9/c46-24-25-21-26(36(38-28-13-5-1-9-17-32(28)51-42(38)47)39-29-14-6-2-10-18-33(29)52-43(39)48)23-27(22-25)37(40-30-15-7-3-11-19-34(30)53-44(40)49)41-31-16-8-4-12-20-35(31)54-45(41)50/h1-24,36-37H. The van der Waals surface area contributed by atoms with Gasteiger partial charge in [0.05, 0.1) is 22.3 Å². The molecular formula is C45H26O9. The predicted molar refractivity (Wildman–Crippen MR) is 200 cm³/mol. The van der Waals surface area contributed by atoms with Crippen LogP contribution in [0.2, 0.25) is 0 Å². The Morgan fingerprint density at radius 2 is 0.648 bits per heavy atom. The number of benzene rings is 1. The van der Waals surface area contributed by atoms with E-state index >= 15 is 0 Å². The Morgan fingerprint density at radius 3 is 0.926 bits per heavy atom. The van der Waals surface area contributed by atoms with Crippen molar-refractivity contribution in [2.75, 3.05) is 0 Å². The number of fused-ring (bicyclic) bond motifs is 4. The van der Waals surface area contributed by atoms with Gasteiger partial charge in [-0.05, 0) is 47.5 Å². The molecule has 0 N–H and O–H groups in total. The average molecular weight is 711 g/mol. The predicted octanol–water partition coefficient (Wildman–Crippen LogP) is 8.09. The fraction of sp³-hybridized carbons (Fsp3) is 0.0444. The Morgan fingerprint density at radius 1 is 0.370 bits per heavy atom. The summed E-state index contributed by atoms with van der Waals surface area (Å²) >= 11 is 0. The topological polar surface area (TPSA) is 138 Å². The highest BCUT2D eigenvalue weighted by Crippen LogP contribution is 2.45. The van der Waals surface area contributed by atoms with Crippen LogP contribution in [0.4, 0.5) is 0 Å². The average Bonchev–Trinajstić information content (AvgIpc) is 3.53. The van der Waals surface area contributed by atoms with Crippen molar-refractivity contribution in [3.05, 3.63) is 220 Å². The van der Waals surface area contributed by atoms with Crippen molar-refractivity contribution in [1.82, 2.24) is 0 Å². The lowest BCUT2D eigenvalue weighted by atomic mass is 9.78. The van der Waals surface area contributed by atoms with Gasteiger partial charge in [0.25, 0.3) is 0 Å². The van der Waals surface area contributed by atoms with E-state index in [1.54, 1.807) is 140 Å². The quantitative estimate of drug-likeness (QED) is 0.150. The van der Waals surface area contributed by atoms with E-state index in [0.29, 0.717) is 62.7 Å². The van der Waals surface area contributed by atoms with E-state index < -0.39 is 34.3 Å². The van der Waals surface area contributed by atoms with Crippen molar-refractivity contribution < 1.29 is 22.5 Å². The molecule has 0 fully saturated rings. The van der Waals surface area contributed by atoms with Crippen LogP contribution in [-0.2, 0) is 0 Å². The fourth-order valence-corrected chi connectivity index (χ4v) is 7.58. The lowest BCUT2D eigenvalue weighted by Crippen LogP contribution is -2.20. The van der Waals surface area contributed by atoms with Gasteiger partial charge < -0.3 is 17.7 Å². The van der Waals surface area contributed by atoms with E-state index in [0.717, 1.165) is 0 Å². The van der Waals surface area contributed by atoms with Gasteiger partial charge in [0.2, 0.25) is 0 Å². The number of aldehydes is 1. The molecule has 0 amide bonds. The molecule has 4 aliphatic heterocycles. The van der Waals surface area contributed by atoms with E-state index in [-0.39, 0.29) is 27.8 Å². The molecule has 0 spiro atoms. The molecule has 8 aliphatic rings. The molecule has 9 nitrogen and oxygen atoms in total. The first-order valence-corrected chi connectivity index (χ1v) is 17.1. The summed E-state index contributed by atoms with van der Waals surface area (Å²) in [7, 11) is 0. The maximum absolute atomic E-state index is 14.0. The lowest BCUT2D eigenvalue weighted by molar-refractivity contribution is 0.112. The molecule has 0 radical (unpaired) electrons. The van der Waals surface area contributed by atoms with Crippen LogP contribution < -0.4 is 22.5 Å². The molecule has 0 saturated carbocycles. The first kappa shape index (κ1) is 32.5.